The van der Waals surface area contributed by atoms with Crippen LogP contribution < -0.4 is 5.63 Å². The molecule has 0 bridgehead atoms. The van der Waals surface area contributed by atoms with Crippen LogP contribution in [0.1, 0.15) is 11.1 Å². The minimum Gasteiger partial charge on any atom is -0.422 e. The van der Waals surface area contributed by atoms with Gasteiger partial charge in [-0.1, -0.05) is 76.1 Å². The number of aryl methyl sites for hydroxylation is 2. The molecule has 5 aromatic rings. The van der Waals surface area contributed by atoms with Crippen molar-refractivity contribution < 1.29 is 4.42 Å². The molecule has 0 saturated carbocycles. The molecule has 0 fully saturated rings. The summed E-state index contributed by atoms with van der Waals surface area (Å²) in [6, 6.07) is 24.0. The Morgan fingerprint density at radius 2 is 1.65 bits per heavy atom. The smallest absolute Gasteiger partial charge is 0.346 e. The Labute approximate surface area is 192 Å². The lowest BCUT2D eigenvalue weighted by atomic mass is 10.0. The van der Waals surface area contributed by atoms with E-state index in [9.17, 15) is 4.79 Å². The molecule has 0 unspecified atom stereocenters. The highest BCUT2D eigenvalue weighted by molar-refractivity contribution is 9.10. The van der Waals surface area contributed by atoms with Crippen LogP contribution in [0.25, 0.3) is 43.2 Å². The predicted molar refractivity (Wildman–Crippen MR) is 132 cm³/mol. The van der Waals surface area contributed by atoms with E-state index in [4.69, 9.17) is 9.40 Å². The first-order valence-corrected chi connectivity index (χ1v) is 11.5. The van der Waals surface area contributed by atoms with Crippen LogP contribution in [0.2, 0.25) is 0 Å². The highest BCUT2D eigenvalue weighted by Gasteiger charge is 2.22. The quantitative estimate of drug-likeness (QED) is 0.245. The standard InChI is InChI=1S/C26H18BrNO2S/c1-15-8-10-17(11-9-15)24-23(28-25(31-24)18-6-4-3-5-7-18)22-16(2)20-14-19(27)12-13-21(20)30-26(22)29/h3-14H,1-2H3. The summed E-state index contributed by atoms with van der Waals surface area (Å²) in [4.78, 5) is 19.0. The zero-order valence-corrected chi connectivity index (χ0v) is 19.4. The first kappa shape index (κ1) is 19.9. The Balaban J connectivity index is 1.82. The van der Waals surface area contributed by atoms with Gasteiger partial charge < -0.3 is 4.42 Å². The van der Waals surface area contributed by atoms with E-state index in [1.54, 1.807) is 11.3 Å². The van der Waals surface area contributed by atoms with E-state index >= 15 is 0 Å². The highest BCUT2D eigenvalue weighted by Crippen LogP contribution is 2.41. The molecular weight excluding hydrogens is 470 g/mol. The summed E-state index contributed by atoms with van der Waals surface area (Å²) in [5, 5.41) is 1.77. The number of benzene rings is 3. The number of nitrogens with zero attached hydrogens (tertiary/aromatic N) is 1. The fourth-order valence-electron chi connectivity index (χ4n) is 3.69. The zero-order valence-electron chi connectivity index (χ0n) is 17.0. The SMILES string of the molecule is Cc1ccc(-c2sc(-c3ccccc3)nc2-c2c(C)c3cc(Br)ccc3oc2=O)cc1. The van der Waals surface area contributed by atoms with Gasteiger partial charge in [0.2, 0.25) is 0 Å². The van der Waals surface area contributed by atoms with Gasteiger partial charge in [0.1, 0.15) is 10.6 Å². The molecule has 0 amide bonds. The van der Waals surface area contributed by atoms with Gasteiger partial charge in [0.25, 0.3) is 0 Å². The van der Waals surface area contributed by atoms with E-state index in [0.717, 1.165) is 36.4 Å². The second kappa shape index (κ2) is 7.91. The van der Waals surface area contributed by atoms with Crippen LogP contribution in [0.3, 0.4) is 0 Å². The number of halogens is 1. The molecule has 2 aromatic heterocycles. The molecular formula is C26H18BrNO2S. The van der Waals surface area contributed by atoms with Crippen LogP contribution in [-0.4, -0.2) is 4.98 Å². The molecule has 0 saturated heterocycles. The fourth-order valence-corrected chi connectivity index (χ4v) is 5.14. The Kier molecular flexibility index (Phi) is 5.08. The van der Waals surface area contributed by atoms with Gasteiger partial charge in [-0.3, -0.25) is 0 Å². The number of aromatic nitrogens is 1. The monoisotopic (exact) mass is 487 g/mol. The van der Waals surface area contributed by atoms with Gasteiger partial charge in [0.05, 0.1) is 16.1 Å². The first-order chi connectivity index (χ1) is 15.0. The maximum absolute atomic E-state index is 13.1. The van der Waals surface area contributed by atoms with Crippen molar-refractivity contribution in [3.05, 3.63) is 98.8 Å². The predicted octanol–water partition coefficient (Wildman–Crippen LogP) is 7.63. The molecule has 0 spiro atoms. The number of hydrogen-bond acceptors (Lipinski definition) is 4. The molecule has 0 aliphatic rings. The van der Waals surface area contributed by atoms with Crippen LogP contribution in [0.4, 0.5) is 0 Å². The van der Waals surface area contributed by atoms with Crippen LogP contribution in [0, 0.1) is 13.8 Å². The summed E-state index contributed by atoms with van der Waals surface area (Å²) < 4.78 is 6.63. The van der Waals surface area contributed by atoms with Crippen molar-refractivity contribution in [2.45, 2.75) is 13.8 Å². The average molecular weight is 488 g/mol. The summed E-state index contributed by atoms with van der Waals surface area (Å²) >= 11 is 5.12. The summed E-state index contributed by atoms with van der Waals surface area (Å²) in [5.41, 5.74) is 5.50. The van der Waals surface area contributed by atoms with E-state index in [2.05, 4.69) is 47.1 Å². The molecule has 5 heteroatoms. The molecule has 2 heterocycles. The Hall–Kier alpha value is -3.02. The molecule has 0 radical (unpaired) electrons. The van der Waals surface area contributed by atoms with Crippen molar-refractivity contribution in [2.24, 2.45) is 0 Å². The summed E-state index contributed by atoms with van der Waals surface area (Å²) in [7, 11) is 0. The van der Waals surface area contributed by atoms with Crippen molar-refractivity contribution in [2.75, 3.05) is 0 Å². The van der Waals surface area contributed by atoms with Crippen molar-refractivity contribution in [3.8, 4) is 32.3 Å². The molecule has 0 N–H and O–H groups in total. The molecule has 3 nitrogen and oxygen atoms in total. The largest absolute Gasteiger partial charge is 0.422 e. The first-order valence-electron chi connectivity index (χ1n) is 9.88. The molecule has 5 rings (SSSR count). The number of fused-ring (bicyclic) bond motifs is 1. The molecule has 3 aromatic carbocycles. The summed E-state index contributed by atoms with van der Waals surface area (Å²) in [5.74, 6) is 0. The number of hydrogen-bond donors (Lipinski definition) is 0. The van der Waals surface area contributed by atoms with Crippen LogP contribution in [0.15, 0.2) is 86.5 Å². The minimum absolute atomic E-state index is 0.370. The summed E-state index contributed by atoms with van der Waals surface area (Å²) in [6.07, 6.45) is 0. The van der Waals surface area contributed by atoms with E-state index in [0.29, 0.717) is 16.8 Å². The minimum atomic E-state index is -0.370. The van der Waals surface area contributed by atoms with Crippen molar-refractivity contribution in [1.82, 2.24) is 4.98 Å². The van der Waals surface area contributed by atoms with Crippen LogP contribution in [-0.2, 0) is 0 Å². The molecule has 0 atom stereocenters. The highest BCUT2D eigenvalue weighted by atomic mass is 79.9. The van der Waals surface area contributed by atoms with Gasteiger partial charge in [-0.2, -0.15) is 0 Å². The van der Waals surface area contributed by atoms with Crippen LogP contribution in [0.5, 0.6) is 0 Å². The van der Waals surface area contributed by atoms with Crippen molar-refractivity contribution in [1.29, 1.82) is 0 Å². The third-order valence-electron chi connectivity index (χ3n) is 5.33. The van der Waals surface area contributed by atoms with Gasteiger partial charge in [-0.15, -0.1) is 11.3 Å². The van der Waals surface area contributed by atoms with E-state index < -0.39 is 0 Å². The van der Waals surface area contributed by atoms with E-state index in [1.807, 2.05) is 55.5 Å². The molecule has 0 aliphatic heterocycles. The second-order valence-electron chi connectivity index (χ2n) is 7.46. The van der Waals surface area contributed by atoms with E-state index in [-0.39, 0.29) is 5.63 Å². The third kappa shape index (κ3) is 3.64. The van der Waals surface area contributed by atoms with Crippen molar-refractivity contribution in [3.63, 3.8) is 0 Å². The van der Waals surface area contributed by atoms with Gasteiger partial charge in [0, 0.05) is 15.4 Å². The normalized spacial score (nSPS) is 11.2. The number of thiazole rings is 1. The average Bonchev–Trinajstić information content (AvgIpc) is 3.20. The summed E-state index contributed by atoms with van der Waals surface area (Å²) in [6.45, 7) is 4.02. The molecule has 152 valence electrons. The van der Waals surface area contributed by atoms with Gasteiger partial charge in [0.15, 0.2) is 0 Å². The Morgan fingerprint density at radius 1 is 0.903 bits per heavy atom. The maximum Gasteiger partial charge on any atom is 0.346 e. The molecule has 31 heavy (non-hydrogen) atoms. The second-order valence-corrected chi connectivity index (χ2v) is 9.37. The topological polar surface area (TPSA) is 43.1 Å². The Bertz CT molecular complexity index is 1470. The van der Waals surface area contributed by atoms with Crippen LogP contribution >= 0.6 is 27.3 Å². The lowest BCUT2D eigenvalue weighted by molar-refractivity contribution is 0.562. The lowest BCUT2D eigenvalue weighted by Gasteiger charge is -2.08. The molecule has 0 aliphatic carbocycles. The maximum atomic E-state index is 13.1. The third-order valence-corrected chi connectivity index (χ3v) is 6.97. The van der Waals surface area contributed by atoms with Gasteiger partial charge >= 0.3 is 5.63 Å². The van der Waals surface area contributed by atoms with E-state index in [1.165, 1.54) is 5.56 Å². The van der Waals surface area contributed by atoms with Crippen molar-refractivity contribution >= 4 is 38.2 Å². The van der Waals surface area contributed by atoms with Gasteiger partial charge in [-0.25, -0.2) is 9.78 Å². The fraction of sp³-hybridized carbons (Fsp3) is 0.0769. The van der Waals surface area contributed by atoms with Gasteiger partial charge in [-0.05, 0) is 43.2 Å². The Morgan fingerprint density at radius 3 is 2.39 bits per heavy atom. The zero-order chi connectivity index (χ0) is 21.5. The number of rotatable bonds is 3. The lowest BCUT2D eigenvalue weighted by Crippen LogP contribution is -2.07.